The van der Waals surface area contributed by atoms with Crippen molar-refractivity contribution in [2.24, 2.45) is 0 Å². The SMILES string of the molecule is CCCCCCCCCCCCCCC(=O)OC(CCC)CCCCCCCCCCC(=O)O. The van der Waals surface area contributed by atoms with E-state index in [1.807, 2.05) is 0 Å². The molecule has 0 aromatic rings. The van der Waals surface area contributed by atoms with Gasteiger partial charge in [-0.3, -0.25) is 9.59 Å². The third-order valence-corrected chi connectivity index (χ3v) is 6.81. The van der Waals surface area contributed by atoms with E-state index < -0.39 is 5.97 Å². The van der Waals surface area contributed by atoms with Gasteiger partial charge in [0.15, 0.2) is 0 Å². The lowest BCUT2D eigenvalue weighted by atomic mass is 10.0. The number of carbonyl (C=O) groups is 2. The number of ether oxygens (including phenoxy) is 1. The fourth-order valence-electron chi connectivity index (χ4n) is 4.65. The van der Waals surface area contributed by atoms with Crippen LogP contribution in [0, 0.1) is 0 Å². The lowest BCUT2D eigenvalue weighted by Gasteiger charge is -2.17. The summed E-state index contributed by atoms with van der Waals surface area (Å²) in [6.07, 6.45) is 28.7. The predicted molar refractivity (Wildman–Crippen MR) is 144 cm³/mol. The molecule has 202 valence electrons. The zero-order valence-corrected chi connectivity index (χ0v) is 22.9. The summed E-state index contributed by atoms with van der Waals surface area (Å²) >= 11 is 0. The minimum absolute atomic E-state index is 0.00638. The first-order valence-electron chi connectivity index (χ1n) is 15.0. The van der Waals surface area contributed by atoms with E-state index >= 15 is 0 Å². The maximum absolute atomic E-state index is 12.3. The van der Waals surface area contributed by atoms with Crippen LogP contribution in [-0.2, 0) is 14.3 Å². The van der Waals surface area contributed by atoms with Crippen molar-refractivity contribution in [2.45, 2.75) is 180 Å². The first-order valence-corrected chi connectivity index (χ1v) is 15.0. The number of aliphatic carboxylic acids is 1. The smallest absolute Gasteiger partial charge is 0.306 e. The molecule has 0 aliphatic rings. The Bertz CT molecular complexity index is 449. The lowest BCUT2D eigenvalue weighted by molar-refractivity contribution is -0.150. The molecule has 0 rings (SSSR count). The van der Waals surface area contributed by atoms with Gasteiger partial charge in [0.25, 0.3) is 0 Å². The van der Waals surface area contributed by atoms with Crippen LogP contribution in [0.4, 0.5) is 0 Å². The Morgan fingerprint density at radius 3 is 1.38 bits per heavy atom. The molecule has 34 heavy (non-hydrogen) atoms. The van der Waals surface area contributed by atoms with Crippen LogP contribution in [0.15, 0.2) is 0 Å². The molecule has 0 heterocycles. The third kappa shape index (κ3) is 25.6. The monoisotopic (exact) mass is 482 g/mol. The number of esters is 1. The molecule has 0 bridgehead atoms. The second kappa shape index (κ2) is 26.5. The summed E-state index contributed by atoms with van der Waals surface area (Å²) < 4.78 is 5.80. The maximum atomic E-state index is 12.3. The molecule has 0 saturated heterocycles. The number of unbranched alkanes of at least 4 members (excludes halogenated alkanes) is 18. The molecular weight excluding hydrogens is 424 g/mol. The average molecular weight is 483 g/mol. The molecule has 0 amide bonds. The van der Waals surface area contributed by atoms with Crippen molar-refractivity contribution in [1.82, 2.24) is 0 Å². The summed E-state index contributed by atoms with van der Waals surface area (Å²) in [5, 5.41) is 8.64. The number of carboxylic acid groups (broad SMARTS) is 1. The Morgan fingerprint density at radius 1 is 0.529 bits per heavy atom. The quantitative estimate of drug-likeness (QED) is 0.0934. The lowest BCUT2D eigenvalue weighted by Crippen LogP contribution is -2.18. The van der Waals surface area contributed by atoms with E-state index in [1.54, 1.807) is 0 Å². The third-order valence-electron chi connectivity index (χ3n) is 6.81. The number of hydrogen-bond donors (Lipinski definition) is 1. The summed E-state index contributed by atoms with van der Waals surface area (Å²) in [7, 11) is 0. The topological polar surface area (TPSA) is 63.6 Å². The molecule has 1 unspecified atom stereocenters. The second-order valence-electron chi connectivity index (χ2n) is 10.3. The van der Waals surface area contributed by atoms with Crippen molar-refractivity contribution >= 4 is 11.9 Å². The van der Waals surface area contributed by atoms with Crippen molar-refractivity contribution in [1.29, 1.82) is 0 Å². The molecule has 0 saturated carbocycles. The van der Waals surface area contributed by atoms with Crippen molar-refractivity contribution in [3.63, 3.8) is 0 Å². The summed E-state index contributed by atoms with van der Waals surface area (Å²) in [6, 6.07) is 0. The summed E-state index contributed by atoms with van der Waals surface area (Å²) in [5.74, 6) is -0.677. The van der Waals surface area contributed by atoms with Crippen LogP contribution < -0.4 is 0 Å². The van der Waals surface area contributed by atoms with Crippen LogP contribution in [0.2, 0.25) is 0 Å². The zero-order chi connectivity index (χ0) is 25.1. The van der Waals surface area contributed by atoms with Crippen molar-refractivity contribution in [2.75, 3.05) is 0 Å². The van der Waals surface area contributed by atoms with Gasteiger partial charge in [0, 0.05) is 12.8 Å². The number of hydrogen-bond acceptors (Lipinski definition) is 3. The fourth-order valence-corrected chi connectivity index (χ4v) is 4.65. The van der Waals surface area contributed by atoms with Gasteiger partial charge in [-0.2, -0.15) is 0 Å². The van der Waals surface area contributed by atoms with E-state index in [0.717, 1.165) is 57.8 Å². The molecule has 0 spiro atoms. The molecule has 4 heteroatoms. The van der Waals surface area contributed by atoms with Crippen molar-refractivity contribution in [3.05, 3.63) is 0 Å². The number of carbonyl (C=O) groups excluding carboxylic acids is 1. The van der Waals surface area contributed by atoms with E-state index in [-0.39, 0.29) is 12.1 Å². The van der Waals surface area contributed by atoms with Gasteiger partial charge < -0.3 is 9.84 Å². The molecule has 0 fully saturated rings. The Kier molecular flexibility index (Phi) is 25.7. The van der Waals surface area contributed by atoms with Gasteiger partial charge in [0.2, 0.25) is 0 Å². The minimum Gasteiger partial charge on any atom is -0.481 e. The van der Waals surface area contributed by atoms with E-state index in [9.17, 15) is 9.59 Å². The second-order valence-corrected chi connectivity index (χ2v) is 10.3. The molecule has 0 aromatic carbocycles. The predicted octanol–water partition coefficient (Wildman–Crippen LogP) is 9.78. The van der Waals surface area contributed by atoms with E-state index in [0.29, 0.717) is 12.8 Å². The van der Waals surface area contributed by atoms with Crippen molar-refractivity contribution < 1.29 is 19.4 Å². The van der Waals surface area contributed by atoms with E-state index in [4.69, 9.17) is 9.84 Å². The van der Waals surface area contributed by atoms with Crippen LogP contribution in [0.1, 0.15) is 174 Å². The molecule has 4 nitrogen and oxygen atoms in total. The van der Waals surface area contributed by atoms with Crippen LogP contribution in [0.3, 0.4) is 0 Å². The molecule has 0 aliphatic heterocycles. The summed E-state index contributed by atoms with van der Waals surface area (Å²) in [5.41, 5.74) is 0. The van der Waals surface area contributed by atoms with Gasteiger partial charge in [-0.1, -0.05) is 129 Å². The highest BCUT2D eigenvalue weighted by atomic mass is 16.5. The highest BCUT2D eigenvalue weighted by molar-refractivity contribution is 5.69. The molecule has 0 aromatic heterocycles. The molecule has 1 N–H and O–H groups in total. The standard InChI is InChI=1S/C30H58O4/c1-3-5-6-7-8-9-10-11-12-17-20-23-27-30(33)34-28(24-4-2)25-21-18-15-13-14-16-19-22-26-29(31)32/h28H,3-27H2,1-2H3,(H,31,32). The van der Waals surface area contributed by atoms with Crippen LogP contribution in [0.5, 0.6) is 0 Å². The van der Waals surface area contributed by atoms with Gasteiger partial charge in [-0.15, -0.1) is 0 Å². The Labute approximate surface area is 212 Å². The summed E-state index contributed by atoms with van der Waals surface area (Å²) in [6.45, 7) is 4.43. The number of rotatable bonds is 27. The largest absolute Gasteiger partial charge is 0.481 e. The van der Waals surface area contributed by atoms with Crippen molar-refractivity contribution in [3.8, 4) is 0 Å². The Hall–Kier alpha value is -1.06. The van der Waals surface area contributed by atoms with Crippen LogP contribution in [0.25, 0.3) is 0 Å². The van der Waals surface area contributed by atoms with Crippen LogP contribution in [-0.4, -0.2) is 23.1 Å². The summed E-state index contributed by atoms with van der Waals surface area (Å²) in [4.78, 5) is 22.7. The first-order chi connectivity index (χ1) is 16.6. The first kappa shape index (κ1) is 32.9. The maximum Gasteiger partial charge on any atom is 0.306 e. The Balaban J connectivity index is 3.57. The van der Waals surface area contributed by atoms with Gasteiger partial charge in [0.1, 0.15) is 6.10 Å². The average Bonchev–Trinajstić information content (AvgIpc) is 2.80. The fraction of sp³-hybridized carbons (Fsp3) is 0.933. The molecular formula is C30H58O4. The molecule has 0 radical (unpaired) electrons. The van der Waals surface area contributed by atoms with Crippen LogP contribution >= 0.6 is 0 Å². The normalized spacial score (nSPS) is 12.1. The van der Waals surface area contributed by atoms with E-state index in [2.05, 4.69) is 13.8 Å². The van der Waals surface area contributed by atoms with Gasteiger partial charge in [-0.05, 0) is 32.1 Å². The zero-order valence-electron chi connectivity index (χ0n) is 22.9. The van der Waals surface area contributed by atoms with Gasteiger partial charge in [0.05, 0.1) is 0 Å². The number of carboxylic acids is 1. The minimum atomic E-state index is -0.684. The molecule has 0 aliphatic carbocycles. The highest BCUT2D eigenvalue weighted by Crippen LogP contribution is 2.17. The van der Waals surface area contributed by atoms with Gasteiger partial charge in [-0.25, -0.2) is 0 Å². The van der Waals surface area contributed by atoms with E-state index in [1.165, 1.54) is 89.9 Å². The van der Waals surface area contributed by atoms with Gasteiger partial charge >= 0.3 is 11.9 Å². The Morgan fingerprint density at radius 2 is 0.941 bits per heavy atom. The highest BCUT2D eigenvalue weighted by Gasteiger charge is 2.13. The molecule has 1 atom stereocenters.